The highest BCUT2D eigenvalue weighted by Crippen LogP contribution is 2.10. The van der Waals surface area contributed by atoms with E-state index in [9.17, 15) is 9.59 Å². The van der Waals surface area contributed by atoms with E-state index in [1.165, 1.54) is 89.9 Å². The zero-order valence-corrected chi connectivity index (χ0v) is 20.8. The van der Waals surface area contributed by atoms with Crippen molar-refractivity contribution < 1.29 is 19.1 Å². The molecule has 4 heteroatoms. The third-order valence-electron chi connectivity index (χ3n) is 5.08. The summed E-state index contributed by atoms with van der Waals surface area (Å²) in [5.41, 5.74) is 0. The summed E-state index contributed by atoms with van der Waals surface area (Å²) < 4.78 is 9.73. The van der Waals surface area contributed by atoms with E-state index < -0.39 is 0 Å². The number of rotatable bonds is 20. The molecule has 0 saturated carbocycles. The Kier molecular flexibility index (Phi) is 29.0. The van der Waals surface area contributed by atoms with Gasteiger partial charge >= 0.3 is 11.9 Å². The number of carbonyl (C=O) groups is 2. The fourth-order valence-electron chi connectivity index (χ4n) is 3.27. The van der Waals surface area contributed by atoms with E-state index in [0.717, 1.165) is 12.8 Å². The number of esters is 2. The molecule has 0 N–H and O–H groups in total. The van der Waals surface area contributed by atoms with Gasteiger partial charge in [-0.1, -0.05) is 104 Å². The highest BCUT2D eigenvalue weighted by Gasteiger charge is 2.01. The summed E-state index contributed by atoms with van der Waals surface area (Å²) in [6.45, 7) is 9.20. The zero-order chi connectivity index (χ0) is 22.7. The van der Waals surface area contributed by atoms with Crippen molar-refractivity contribution >= 4 is 11.9 Å². The van der Waals surface area contributed by atoms with E-state index in [1.807, 2.05) is 13.8 Å². The van der Waals surface area contributed by atoms with Crippen LogP contribution in [-0.2, 0) is 19.1 Å². The van der Waals surface area contributed by atoms with E-state index in [-0.39, 0.29) is 11.9 Å². The molecule has 0 aliphatic heterocycles. The molecular weight excluding hydrogens is 376 g/mol. The fourth-order valence-corrected chi connectivity index (χ4v) is 3.27. The predicted molar refractivity (Wildman–Crippen MR) is 128 cm³/mol. The minimum absolute atomic E-state index is 0.0384. The van der Waals surface area contributed by atoms with Gasteiger partial charge in [-0.2, -0.15) is 0 Å². The highest BCUT2D eigenvalue weighted by atomic mass is 16.5. The summed E-state index contributed by atoms with van der Waals surface area (Å²) in [5.74, 6) is -0.0769. The Labute approximate surface area is 187 Å². The van der Waals surface area contributed by atoms with Crippen LogP contribution in [0.2, 0.25) is 0 Å². The van der Waals surface area contributed by atoms with Crippen molar-refractivity contribution in [2.75, 3.05) is 13.2 Å². The Morgan fingerprint density at radius 1 is 0.433 bits per heavy atom. The third kappa shape index (κ3) is 29.1. The van der Waals surface area contributed by atoms with Crippen LogP contribution in [0.25, 0.3) is 0 Å². The van der Waals surface area contributed by atoms with Gasteiger partial charge in [0.2, 0.25) is 0 Å². The largest absolute Gasteiger partial charge is 0.466 e. The molecule has 0 aromatic rings. The maximum absolute atomic E-state index is 11.0. The van der Waals surface area contributed by atoms with E-state index in [1.54, 1.807) is 0 Å². The molecule has 0 aromatic heterocycles. The Morgan fingerprint density at radius 2 is 0.700 bits per heavy atom. The standard InChI is InChI=1S/2C13H26O2/c2*1-3-5-6-7-8-9-10-11-12-13(14)15-4-2/h2*3-12H2,1-2H3. The van der Waals surface area contributed by atoms with Crippen LogP contribution in [0.15, 0.2) is 0 Å². The van der Waals surface area contributed by atoms with Crippen LogP contribution in [-0.4, -0.2) is 25.2 Å². The third-order valence-corrected chi connectivity index (χ3v) is 5.08. The van der Waals surface area contributed by atoms with Gasteiger partial charge in [0, 0.05) is 12.8 Å². The topological polar surface area (TPSA) is 52.6 Å². The van der Waals surface area contributed by atoms with Crippen molar-refractivity contribution in [1.29, 1.82) is 0 Å². The summed E-state index contributed by atoms with van der Waals surface area (Å²) in [7, 11) is 0. The van der Waals surface area contributed by atoms with E-state index in [0.29, 0.717) is 26.1 Å². The summed E-state index contributed by atoms with van der Waals surface area (Å²) in [5, 5.41) is 0. The Balaban J connectivity index is 0. The molecule has 0 radical (unpaired) electrons. The van der Waals surface area contributed by atoms with Crippen molar-refractivity contribution in [2.45, 2.75) is 143 Å². The van der Waals surface area contributed by atoms with Gasteiger partial charge in [-0.25, -0.2) is 0 Å². The number of unbranched alkanes of at least 4 members (excludes halogenated alkanes) is 14. The maximum atomic E-state index is 11.0. The van der Waals surface area contributed by atoms with Crippen LogP contribution >= 0.6 is 0 Å². The number of ether oxygens (including phenoxy) is 2. The van der Waals surface area contributed by atoms with Crippen LogP contribution in [0.4, 0.5) is 0 Å². The zero-order valence-electron chi connectivity index (χ0n) is 20.8. The second-order valence-corrected chi connectivity index (χ2v) is 8.06. The maximum Gasteiger partial charge on any atom is 0.305 e. The molecule has 0 bridgehead atoms. The lowest BCUT2D eigenvalue weighted by atomic mass is 10.1. The van der Waals surface area contributed by atoms with Crippen LogP contribution < -0.4 is 0 Å². The molecule has 0 unspecified atom stereocenters. The molecule has 4 nitrogen and oxygen atoms in total. The second kappa shape index (κ2) is 27.9. The van der Waals surface area contributed by atoms with Gasteiger partial charge in [0.25, 0.3) is 0 Å². The average molecular weight is 429 g/mol. The summed E-state index contributed by atoms with van der Waals surface area (Å²) in [6, 6.07) is 0. The fraction of sp³-hybridized carbons (Fsp3) is 0.923. The normalized spacial score (nSPS) is 10.3. The van der Waals surface area contributed by atoms with Gasteiger partial charge in [-0.05, 0) is 26.7 Å². The first-order chi connectivity index (χ1) is 14.6. The molecule has 0 rings (SSSR count). The number of carbonyl (C=O) groups excluding carboxylic acids is 2. The van der Waals surface area contributed by atoms with Crippen molar-refractivity contribution in [2.24, 2.45) is 0 Å². The van der Waals surface area contributed by atoms with Gasteiger partial charge < -0.3 is 9.47 Å². The number of hydrogen-bond donors (Lipinski definition) is 0. The van der Waals surface area contributed by atoms with E-state index in [2.05, 4.69) is 13.8 Å². The van der Waals surface area contributed by atoms with Gasteiger partial charge in [0.05, 0.1) is 13.2 Å². The highest BCUT2D eigenvalue weighted by molar-refractivity contribution is 5.69. The quantitative estimate of drug-likeness (QED) is 0.145. The lowest BCUT2D eigenvalue weighted by Crippen LogP contribution is -2.03. The molecule has 0 saturated heterocycles. The van der Waals surface area contributed by atoms with Gasteiger partial charge in [-0.3, -0.25) is 9.59 Å². The first-order valence-electron chi connectivity index (χ1n) is 12.9. The van der Waals surface area contributed by atoms with E-state index >= 15 is 0 Å². The molecule has 0 spiro atoms. The Hall–Kier alpha value is -1.06. The number of hydrogen-bond acceptors (Lipinski definition) is 4. The first kappa shape index (κ1) is 31.1. The average Bonchev–Trinajstić information content (AvgIpc) is 2.73. The smallest absolute Gasteiger partial charge is 0.305 e. The lowest BCUT2D eigenvalue weighted by Gasteiger charge is -2.02. The Morgan fingerprint density at radius 3 is 0.967 bits per heavy atom. The molecule has 0 aliphatic carbocycles. The molecular formula is C26H52O4. The second-order valence-electron chi connectivity index (χ2n) is 8.06. The van der Waals surface area contributed by atoms with Crippen molar-refractivity contribution in [3.05, 3.63) is 0 Å². The minimum atomic E-state index is -0.0384. The van der Waals surface area contributed by atoms with Gasteiger partial charge in [0.1, 0.15) is 0 Å². The molecule has 0 atom stereocenters. The van der Waals surface area contributed by atoms with Crippen molar-refractivity contribution in [3.8, 4) is 0 Å². The minimum Gasteiger partial charge on any atom is -0.466 e. The van der Waals surface area contributed by atoms with Crippen molar-refractivity contribution in [1.82, 2.24) is 0 Å². The molecule has 0 heterocycles. The van der Waals surface area contributed by atoms with Crippen LogP contribution in [0, 0.1) is 0 Å². The summed E-state index contributed by atoms with van der Waals surface area (Å²) in [6.07, 6.45) is 21.5. The molecule has 180 valence electrons. The van der Waals surface area contributed by atoms with Crippen molar-refractivity contribution in [3.63, 3.8) is 0 Å². The predicted octanol–water partition coefficient (Wildman–Crippen LogP) is 8.16. The van der Waals surface area contributed by atoms with E-state index in [4.69, 9.17) is 9.47 Å². The van der Waals surface area contributed by atoms with Crippen LogP contribution in [0.3, 0.4) is 0 Å². The molecule has 0 fully saturated rings. The van der Waals surface area contributed by atoms with Crippen LogP contribution in [0.5, 0.6) is 0 Å². The molecule has 0 aromatic carbocycles. The van der Waals surface area contributed by atoms with Gasteiger partial charge in [0.15, 0.2) is 0 Å². The summed E-state index contributed by atoms with van der Waals surface area (Å²) >= 11 is 0. The first-order valence-corrected chi connectivity index (χ1v) is 12.9. The molecule has 30 heavy (non-hydrogen) atoms. The molecule has 0 amide bonds. The molecule has 0 aliphatic rings. The summed E-state index contributed by atoms with van der Waals surface area (Å²) in [4.78, 5) is 22.0. The monoisotopic (exact) mass is 428 g/mol. The van der Waals surface area contributed by atoms with Crippen LogP contribution in [0.1, 0.15) is 143 Å². The SMILES string of the molecule is CCCCCCCCCCC(=O)OCC.CCCCCCCCCCC(=O)OCC. The Bertz CT molecular complexity index is 321. The van der Waals surface area contributed by atoms with Gasteiger partial charge in [-0.15, -0.1) is 0 Å². The lowest BCUT2D eigenvalue weighted by molar-refractivity contribution is -0.144.